The highest BCUT2D eigenvalue weighted by Crippen LogP contribution is 2.28. The van der Waals surface area contributed by atoms with Crippen LogP contribution in [-0.4, -0.2) is 30.9 Å². The highest BCUT2D eigenvalue weighted by Gasteiger charge is 2.35. The first-order valence-corrected chi connectivity index (χ1v) is 13.4. The fourth-order valence-corrected chi connectivity index (χ4v) is 5.45. The van der Waals surface area contributed by atoms with E-state index in [-0.39, 0.29) is 36.7 Å². The molecule has 2 N–H and O–H groups in total. The summed E-state index contributed by atoms with van der Waals surface area (Å²) in [4.78, 5) is 40.3. The molecule has 2 aromatic carbocycles. The highest BCUT2D eigenvalue weighted by atomic mass is 79.9. The summed E-state index contributed by atoms with van der Waals surface area (Å²) < 4.78 is 6.64. The van der Waals surface area contributed by atoms with Crippen molar-refractivity contribution in [3.63, 3.8) is 0 Å². The second-order valence-corrected chi connectivity index (χ2v) is 10.6. The van der Waals surface area contributed by atoms with Crippen LogP contribution in [-0.2, 0) is 27.3 Å². The van der Waals surface area contributed by atoms with Crippen LogP contribution in [0, 0.1) is 12.8 Å². The zero-order valence-electron chi connectivity index (χ0n) is 20.2. The molecule has 188 valence electrons. The summed E-state index contributed by atoms with van der Waals surface area (Å²) in [7, 11) is 0. The van der Waals surface area contributed by atoms with Crippen LogP contribution >= 0.6 is 27.3 Å². The molecule has 0 bridgehead atoms. The van der Waals surface area contributed by atoms with Gasteiger partial charge in [0.2, 0.25) is 11.8 Å². The number of nitrogens with one attached hydrogen (secondary N) is 2. The van der Waals surface area contributed by atoms with Crippen LogP contribution in [0.3, 0.4) is 0 Å². The van der Waals surface area contributed by atoms with Crippen LogP contribution in [0.5, 0.6) is 5.75 Å². The average molecular weight is 571 g/mol. The lowest BCUT2D eigenvalue weighted by molar-refractivity contribution is -0.126. The molecule has 0 radical (unpaired) electrons. The summed E-state index contributed by atoms with van der Waals surface area (Å²) >= 11 is 5.08. The molecule has 3 amide bonds. The van der Waals surface area contributed by atoms with Gasteiger partial charge in [-0.25, -0.2) is 0 Å². The molecule has 2 heterocycles. The van der Waals surface area contributed by atoms with Crippen LogP contribution in [0.2, 0.25) is 0 Å². The monoisotopic (exact) mass is 569 g/mol. The third-order valence-corrected chi connectivity index (χ3v) is 7.39. The summed E-state index contributed by atoms with van der Waals surface area (Å²) in [6, 6.07) is 14.9. The summed E-state index contributed by atoms with van der Waals surface area (Å²) in [5, 5.41) is 7.83. The second kappa shape index (κ2) is 11.7. The molecule has 9 heteroatoms. The molecule has 7 nitrogen and oxygen atoms in total. The topological polar surface area (TPSA) is 87.7 Å². The summed E-state index contributed by atoms with van der Waals surface area (Å²) in [5.74, 6) is -0.306. The van der Waals surface area contributed by atoms with Gasteiger partial charge in [-0.15, -0.1) is 11.3 Å². The lowest BCUT2D eigenvalue weighted by atomic mass is 10.1. The van der Waals surface area contributed by atoms with Crippen molar-refractivity contribution in [1.29, 1.82) is 0 Å². The Labute approximate surface area is 223 Å². The minimum absolute atomic E-state index is 0.0871. The Balaban J connectivity index is 1.29. The molecule has 1 aliphatic heterocycles. The van der Waals surface area contributed by atoms with Crippen molar-refractivity contribution in [1.82, 2.24) is 5.32 Å². The van der Waals surface area contributed by atoms with E-state index in [1.807, 2.05) is 43.5 Å². The predicted molar refractivity (Wildman–Crippen MR) is 145 cm³/mol. The van der Waals surface area contributed by atoms with Crippen LogP contribution < -0.4 is 20.3 Å². The molecule has 3 aromatic rings. The summed E-state index contributed by atoms with van der Waals surface area (Å²) in [6.45, 7) is 4.68. The van der Waals surface area contributed by atoms with Crippen LogP contribution in [0.4, 0.5) is 11.4 Å². The van der Waals surface area contributed by atoms with Gasteiger partial charge in [-0.3, -0.25) is 14.4 Å². The van der Waals surface area contributed by atoms with E-state index < -0.39 is 0 Å². The van der Waals surface area contributed by atoms with Gasteiger partial charge in [0.1, 0.15) is 5.75 Å². The highest BCUT2D eigenvalue weighted by molar-refractivity contribution is 9.10. The van der Waals surface area contributed by atoms with E-state index >= 15 is 0 Å². The van der Waals surface area contributed by atoms with Gasteiger partial charge in [0.05, 0.1) is 12.5 Å². The first kappa shape index (κ1) is 25.9. The number of amides is 3. The van der Waals surface area contributed by atoms with Crippen LogP contribution in [0.1, 0.15) is 29.3 Å². The number of rotatable bonds is 9. The number of benzene rings is 2. The van der Waals surface area contributed by atoms with Gasteiger partial charge in [-0.1, -0.05) is 28.9 Å². The quantitative estimate of drug-likeness (QED) is 0.376. The number of hydrogen-bond donors (Lipinski definition) is 2. The third kappa shape index (κ3) is 6.33. The normalized spacial score (nSPS) is 15.1. The van der Waals surface area contributed by atoms with Crippen molar-refractivity contribution in [2.24, 2.45) is 5.92 Å². The fourth-order valence-electron chi connectivity index (χ4n) is 4.18. The molecule has 1 aliphatic rings. The minimum atomic E-state index is -0.382. The first-order valence-electron chi connectivity index (χ1n) is 11.8. The Morgan fingerprint density at radius 1 is 1.19 bits per heavy atom. The van der Waals surface area contributed by atoms with Crippen molar-refractivity contribution in [3.05, 3.63) is 74.4 Å². The zero-order valence-corrected chi connectivity index (χ0v) is 22.6. The standard InChI is InChI=1S/C27H28BrN3O4S/c1-3-18-12-20(28)11-17(2)26(18)30-24(32)16-35-22-8-6-21(7-9-22)31-15-19(13-25(31)33)27(34)29-14-23-5-4-10-36-23/h4-12,19H,3,13-16H2,1-2H3,(H,29,34)(H,30,32)/t19-/m1/s1. The number of carbonyl (C=O) groups is 3. The number of aryl methyl sites for hydroxylation is 2. The van der Waals surface area contributed by atoms with E-state index in [2.05, 4.69) is 26.6 Å². The average Bonchev–Trinajstić information content (AvgIpc) is 3.53. The van der Waals surface area contributed by atoms with Gasteiger partial charge in [-0.05, 0) is 72.3 Å². The molecule has 1 atom stereocenters. The molecule has 1 aromatic heterocycles. The van der Waals surface area contributed by atoms with E-state index in [4.69, 9.17) is 4.74 Å². The third-order valence-electron chi connectivity index (χ3n) is 6.06. The van der Waals surface area contributed by atoms with Gasteiger partial charge >= 0.3 is 0 Å². The Morgan fingerprint density at radius 2 is 1.97 bits per heavy atom. The van der Waals surface area contributed by atoms with Crippen molar-refractivity contribution in [2.75, 3.05) is 23.4 Å². The van der Waals surface area contributed by atoms with E-state index in [0.29, 0.717) is 24.5 Å². The van der Waals surface area contributed by atoms with Gasteiger partial charge in [-0.2, -0.15) is 0 Å². The molecule has 0 unspecified atom stereocenters. The molecule has 1 saturated heterocycles. The number of halogens is 1. The summed E-state index contributed by atoms with van der Waals surface area (Å²) in [6.07, 6.45) is 0.981. The maximum atomic E-state index is 12.6. The maximum absolute atomic E-state index is 12.6. The molecule has 36 heavy (non-hydrogen) atoms. The number of nitrogens with zero attached hydrogens (tertiary/aromatic N) is 1. The van der Waals surface area contributed by atoms with Crippen molar-refractivity contribution in [3.8, 4) is 5.75 Å². The van der Waals surface area contributed by atoms with Crippen molar-refractivity contribution >= 4 is 56.4 Å². The van der Waals surface area contributed by atoms with Gasteiger partial charge in [0, 0.05) is 33.7 Å². The van der Waals surface area contributed by atoms with Gasteiger partial charge in [0.15, 0.2) is 6.61 Å². The van der Waals surface area contributed by atoms with E-state index in [1.54, 1.807) is 40.5 Å². The summed E-state index contributed by atoms with van der Waals surface area (Å²) in [5.41, 5.74) is 3.54. The lowest BCUT2D eigenvalue weighted by Gasteiger charge is -2.17. The number of carbonyl (C=O) groups excluding carboxylic acids is 3. The first-order chi connectivity index (χ1) is 17.3. The molecular formula is C27H28BrN3O4S. The Bertz CT molecular complexity index is 1240. The molecule has 0 saturated carbocycles. The molecule has 0 spiro atoms. The SMILES string of the molecule is CCc1cc(Br)cc(C)c1NC(=O)COc1ccc(N2C[C@H](C(=O)NCc3cccs3)CC2=O)cc1. The van der Waals surface area contributed by atoms with Crippen molar-refractivity contribution in [2.45, 2.75) is 33.2 Å². The number of ether oxygens (including phenoxy) is 1. The Morgan fingerprint density at radius 3 is 2.67 bits per heavy atom. The number of anilines is 2. The minimum Gasteiger partial charge on any atom is -0.484 e. The maximum Gasteiger partial charge on any atom is 0.262 e. The van der Waals surface area contributed by atoms with Crippen molar-refractivity contribution < 1.29 is 19.1 Å². The molecule has 4 rings (SSSR count). The van der Waals surface area contributed by atoms with E-state index in [1.165, 1.54) is 0 Å². The lowest BCUT2D eigenvalue weighted by Crippen LogP contribution is -2.32. The number of hydrogen-bond acceptors (Lipinski definition) is 5. The zero-order chi connectivity index (χ0) is 25.7. The Kier molecular flexibility index (Phi) is 8.43. The smallest absolute Gasteiger partial charge is 0.262 e. The van der Waals surface area contributed by atoms with E-state index in [9.17, 15) is 14.4 Å². The van der Waals surface area contributed by atoms with Crippen LogP contribution in [0.15, 0.2) is 58.4 Å². The predicted octanol–water partition coefficient (Wildman–Crippen LogP) is 5.07. The van der Waals surface area contributed by atoms with Gasteiger partial charge in [0.25, 0.3) is 5.91 Å². The molecule has 0 aliphatic carbocycles. The fraction of sp³-hybridized carbons (Fsp3) is 0.296. The molecular weight excluding hydrogens is 542 g/mol. The van der Waals surface area contributed by atoms with E-state index in [0.717, 1.165) is 32.6 Å². The Hall–Kier alpha value is -3.17. The molecule has 1 fully saturated rings. The van der Waals surface area contributed by atoms with Gasteiger partial charge < -0.3 is 20.3 Å². The van der Waals surface area contributed by atoms with Crippen LogP contribution in [0.25, 0.3) is 0 Å². The number of thiophene rings is 1. The largest absolute Gasteiger partial charge is 0.484 e. The second-order valence-electron chi connectivity index (χ2n) is 8.64.